The molecule has 0 aliphatic carbocycles. The first-order chi connectivity index (χ1) is 8.75. The fraction of sp³-hybridized carbons (Fsp3) is 0.600. The minimum absolute atomic E-state index is 0.315. The maximum atomic E-state index is 6.03. The SMILES string of the molecule is CC1(COc2ccc3c(c2)CCN3)CCCCS1. The summed E-state index contributed by atoms with van der Waals surface area (Å²) >= 11 is 2.07. The van der Waals surface area contributed by atoms with Crippen molar-refractivity contribution in [2.75, 3.05) is 24.2 Å². The molecular formula is C15H21NOS. The van der Waals surface area contributed by atoms with Crippen LogP contribution in [0.15, 0.2) is 18.2 Å². The Morgan fingerprint density at radius 2 is 2.33 bits per heavy atom. The quantitative estimate of drug-likeness (QED) is 0.898. The normalized spacial score (nSPS) is 26.5. The first kappa shape index (κ1) is 12.2. The van der Waals surface area contributed by atoms with E-state index in [0.717, 1.165) is 25.3 Å². The molecule has 1 fully saturated rings. The number of fused-ring (bicyclic) bond motifs is 1. The van der Waals surface area contributed by atoms with Crippen LogP contribution in [0.3, 0.4) is 0 Å². The van der Waals surface area contributed by atoms with E-state index in [9.17, 15) is 0 Å². The maximum Gasteiger partial charge on any atom is 0.119 e. The van der Waals surface area contributed by atoms with Crippen LogP contribution in [0.2, 0.25) is 0 Å². The smallest absolute Gasteiger partial charge is 0.119 e. The predicted octanol–water partition coefficient (Wildman–Crippen LogP) is 3.71. The van der Waals surface area contributed by atoms with Gasteiger partial charge in [-0.05, 0) is 55.7 Å². The molecule has 0 amide bonds. The van der Waals surface area contributed by atoms with Gasteiger partial charge in [-0.15, -0.1) is 0 Å². The van der Waals surface area contributed by atoms with Crippen molar-refractivity contribution in [1.82, 2.24) is 0 Å². The van der Waals surface area contributed by atoms with Gasteiger partial charge in [0.05, 0.1) is 0 Å². The molecule has 1 saturated heterocycles. The van der Waals surface area contributed by atoms with Gasteiger partial charge in [-0.1, -0.05) is 6.42 Å². The van der Waals surface area contributed by atoms with Gasteiger partial charge in [0.1, 0.15) is 12.4 Å². The Bertz CT molecular complexity index is 427. The molecule has 3 heteroatoms. The van der Waals surface area contributed by atoms with Crippen LogP contribution >= 0.6 is 11.8 Å². The minimum atomic E-state index is 0.315. The predicted molar refractivity (Wildman–Crippen MR) is 78.8 cm³/mol. The highest BCUT2D eigenvalue weighted by Gasteiger charge is 2.28. The van der Waals surface area contributed by atoms with Crippen LogP contribution in [0.4, 0.5) is 5.69 Å². The van der Waals surface area contributed by atoms with Crippen molar-refractivity contribution in [3.63, 3.8) is 0 Å². The van der Waals surface area contributed by atoms with Crippen LogP contribution < -0.4 is 10.1 Å². The van der Waals surface area contributed by atoms with Gasteiger partial charge < -0.3 is 10.1 Å². The highest BCUT2D eigenvalue weighted by Crippen LogP contribution is 2.36. The summed E-state index contributed by atoms with van der Waals surface area (Å²) in [6.07, 6.45) is 5.12. The number of rotatable bonds is 3. The Labute approximate surface area is 113 Å². The molecule has 1 aromatic carbocycles. The Morgan fingerprint density at radius 3 is 3.17 bits per heavy atom. The van der Waals surface area contributed by atoms with Crippen molar-refractivity contribution in [3.05, 3.63) is 23.8 Å². The first-order valence-electron chi connectivity index (χ1n) is 6.89. The van der Waals surface area contributed by atoms with Crippen molar-refractivity contribution in [2.45, 2.75) is 37.4 Å². The standard InChI is InChI=1S/C15H21NOS/c1-15(7-2-3-9-18-15)11-17-13-4-5-14-12(10-13)6-8-16-14/h4-5,10,16H,2-3,6-9,11H2,1H3. The number of hydrogen-bond acceptors (Lipinski definition) is 3. The maximum absolute atomic E-state index is 6.03. The largest absolute Gasteiger partial charge is 0.492 e. The van der Waals surface area contributed by atoms with Crippen molar-refractivity contribution in [3.8, 4) is 5.75 Å². The second kappa shape index (κ2) is 5.04. The third-order valence-corrected chi connectivity index (χ3v) is 5.39. The van der Waals surface area contributed by atoms with Gasteiger partial charge >= 0.3 is 0 Å². The zero-order chi connectivity index (χ0) is 12.4. The highest BCUT2D eigenvalue weighted by atomic mass is 32.2. The molecule has 1 atom stereocenters. The van der Waals surface area contributed by atoms with Crippen LogP contribution in [0.1, 0.15) is 31.7 Å². The number of nitrogens with one attached hydrogen (secondary N) is 1. The average Bonchev–Trinajstić information content (AvgIpc) is 2.85. The van der Waals surface area contributed by atoms with Crippen molar-refractivity contribution in [1.29, 1.82) is 0 Å². The fourth-order valence-electron chi connectivity index (χ4n) is 2.71. The molecule has 2 heterocycles. The van der Waals surface area contributed by atoms with Gasteiger partial charge in [0.25, 0.3) is 0 Å². The van der Waals surface area contributed by atoms with E-state index in [1.54, 1.807) is 0 Å². The van der Waals surface area contributed by atoms with Gasteiger partial charge in [-0.3, -0.25) is 0 Å². The summed E-state index contributed by atoms with van der Waals surface area (Å²) in [7, 11) is 0. The molecule has 1 N–H and O–H groups in total. The summed E-state index contributed by atoms with van der Waals surface area (Å²) in [5, 5.41) is 3.38. The fourth-order valence-corrected chi connectivity index (χ4v) is 3.98. The Balaban J connectivity index is 1.62. The van der Waals surface area contributed by atoms with E-state index in [0.29, 0.717) is 4.75 Å². The Kier molecular flexibility index (Phi) is 3.42. The van der Waals surface area contributed by atoms with E-state index >= 15 is 0 Å². The van der Waals surface area contributed by atoms with Crippen molar-refractivity contribution >= 4 is 17.4 Å². The minimum Gasteiger partial charge on any atom is -0.492 e. The van der Waals surface area contributed by atoms with E-state index in [1.807, 2.05) is 0 Å². The third kappa shape index (κ3) is 2.61. The molecule has 0 bridgehead atoms. The van der Waals surface area contributed by atoms with Crippen LogP contribution in [0, 0.1) is 0 Å². The number of benzene rings is 1. The lowest BCUT2D eigenvalue weighted by atomic mass is 10.0. The van der Waals surface area contributed by atoms with E-state index in [2.05, 4.69) is 42.2 Å². The summed E-state index contributed by atoms with van der Waals surface area (Å²) in [5.41, 5.74) is 2.68. The molecule has 0 aromatic heterocycles. The van der Waals surface area contributed by atoms with Gasteiger partial charge in [0, 0.05) is 17.0 Å². The summed E-state index contributed by atoms with van der Waals surface area (Å²) in [4.78, 5) is 0. The monoisotopic (exact) mass is 263 g/mol. The average molecular weight is 263 g/mol. The molecule has 2 nitrogen and oxygen atoms in total. The molecule has 1 aromatic rings. The van der Waals surface area contributed by atoms with E-state index in [1.165, 1.54) is 36.3 Å². The van der Waals surface area contributed by atoms with Gasteiger partial charge in [-0.25, -0.2) is 0 Å². The Morgan fingerprint density at radius 1 is 1.39 bits per heavy atom. The molecule has 0 spiro atoms. The van der Waals surface area contributed by atoms with Crippen LogP contribution in [0.25, 0.3) is 0 Å². The number of ether oxygens (including phenoxy) is 1. The molecule has 18 heavy (non-hydrogen) atoms. The summed E-state index contributed by atoms with van der Waals surface area (Å²) in [6, 6.07) is 6.44. The second-order valence-electron chi connectivity index (χ2n) is 5.54. The van der Waals surface area contributed by atoms with Crippen LogP contribution in [-0.4, -0.2) is 23.7 Å². The summed E-state index contributed by atoms with van der Waals surface area (Å²) in [6.45, 7) is 4.24. The third-order valence-electron chi connectivity index (χ3n) is 3.88. The van der Waals surface area contributed by atoms with Crippen molar-refractivity contribution in [2.24, 2.45) is 0 Å². The highest BCUT2D eigenvalue weighted by molar-refractivity contribution is 8.00. The molecule has 0 saturated carbocycles. The lowest BCUT2D eigenvalue weighted by Crippen LogP contribution is -2.31. The number of hydrogen-bond donors (Lipinski definition) is 1. The topological polar surface area (TPSA) is 21.3 Å². The number of thioether (sulfide) groups is 1. The molecule has 3 rings (SSSR count). The summed E-state index contributed by atoms with van der Waals surface area (Å²) < 4.78 is 6.34. The van der Waals surface area contributed by atoms with E-state index < -0.39 is 0 Å². The van der Waals surface area contributed by atoms with Gasteiger partial charge in [0.2, 0.25) is 0 Å². The second-order valence-corrected chi connectivity index (χ2v) is 7.22. The number of anilines is 1. The van der Waals surface area contributed by atoms with Crippen LogP contribution in [-0.2, 0) is 6.42 Å². The van der Waals surface area contributed by atoms with Gasteiger partial charge in [0.15, 0.2) is 0 Å². The molecule has 1 unspecified atom stereocenters. The summed E-state index contributed by atoms with van der Waals surface area (Å²) in [5.74, 6) is 2.32. The van der Waals surface area contributed by atoms with E-state index in [-0.39, 0.29) is 0 Å². The molecular weight excluding hydrogens is 242 g/mol. The zero-order valence-electron chi connectivity index (χ0n) is 11.0. The van der Waals surface area contributed by atoms with Crippen molar-refractivity contribution < 1.29 is 4.74 Å². The van der Waals surface area contributed by atoms with Crippen LogP contribution in [0.5, 0.6) is 5.75 Å². The molecule has 0 radical (unpaired) electrons. The zero-order valence-corrected chi connectivity index (χ0v) is 11.8. The Hall–Kier alpha value is -0.830. The molecule has 2 aliphatic heterocycles. The first-order valence-corrected chi connectivity index (χ1v) is 7.87. The molecule has 98 valence electrons. The van der Waals surface area contributed by atoms with Gasteiger partial charge in [-0.2, -0.15) is 11.8 Å². The lowest BCUT2D eigenvalue weighted by Gasteiger charge is -2.32. The molecule has 2 aliphatic rings. The lowest BCUT2D eigenvalue weighted by molar-refractivity contribution is 0.267. The van der Waals surface area contributed by atoms with E-state index in [4.69, 9.17) is 4.74 Å².